The first-order valence-corrected chi connectivity index (χ1v) is 6.10. The molecule has 1 aromatic carbocycles. The molecule has 20 heavy (non-hydrogen) atoms. The van der Waals surface area contributed by atoms with E-state index in [2.05, 4.69) is 4.98 Å². The van der Waals surface area contributed by atoms with Crippen LogP contribution in [0, 0.1) is 6.92 Å². The second kappa shape index (κ2) is 4.85. The van der Waals surface area contributed by atoms with Crippen molar-refractivity contribution >= 4 is 10.9 Å². The molecule has 0 radical (unpaired) electrons. The van der Waals surface area contributed by atoms with Crippen molar-refractivity contribution in [1.82, 2.24) is 4.98 Å². The Morgan fingerprint density at radius 2 is 1.90 bits per heavy atom. The number of hydrogen-bond acceptors (Lipinski definition) is 2. The molecule has 0 spiro atoms. The lowest BCUT2D eigenvalue weighted by Crippen LogP contribution is -2.19. The molecule has 0 aliphatic carbocycles. The molecule has 0 amide bonds. The summed E-state index contributed by atoms with van der Waals surface area (Å²) in [5.41, 5.74) is -1.84. The third-order valence-corrected chi connectivity index (χ3v) is 2.87. The number of aromatic amines is 1. The Kier molecular flexibility index (Phi) is 3.50. The molecule has 2 aromatic rings. The topological polar surface area (TPSA) is 42.1 Å². The fourth-order valence-electron chi connectivity index (χ4n) is 1.99. The van der Waals surface area contributed by atoms with Crippen molar-refractivity contribution in [3.63, 3.8) is 0 Å². The third kappa shape index (κ3) is 2.64. The first-order chi connectivity index (χ1) is 9.20. The van der Waals surface area contributed by atoms with Gasteiger partial charge in [0.25, 0.3) is 0 Å². The summed E-state index contributed by atoms with van der Waals surface area (Å²) < 4.78 is 43.9. The number of aromatic nitrogens is 1. The number of H-pyrrole nitrogens is 1. The van der Waals surface area contributed by atoms with E-state index < -0.39 is 17.3 Å². The molecule has 0 aliphatic rings. The van der Waals surface area contributed by atoms with E-state index in [4.69, 9.17) is 4.74 Å². The molecule has 1 N–H and O–H groups in total. The molecular weight excluding hydrogens is 271 g/mol. The standard InChI is InChI=1S/C14H14F3NO2/c1-7(2)20-9-4-5-11-10(6-9)12(19)8(3)13(18-11)14(15,16)17/h4-7H,1-3H3,(H,18,19). The average Bonchev–Trinajstić information content (AvgIpc) is 2.32. The van der Waals surface area contributed by atoms with Gasteiger partial charge in [-0.3, -0.25) is 4.79 Å². The lowest BCUT2D eigenvalue weighted by Gasteiger charge is -2.13. The van der Waals surface area contributed by atoms with Crippen LogP contribution in [0.1, 0.15) is 25.1 Å². The molecule has 1 aromatic heterocycles. The SMILES string of the molecule is Cc1c(C(F)(F)F)[nH]c2ccc(OC(C)C)cc2c1=O. The summed E-state index contributed by atoms with van der Waals surface area (Å²) in [5.74, 6) is 0.456. The first-order valence-electron chi connectivity index (χ1n) is 6.10. The van der Waals surface area contributed by atoms with Crippen LogP contribution in [0.25, 0.3) is 10.9 Å². The van der Waals surface area contributed by atoms with E-state index in [9.17, 15) is 18.0 Å². The molecule has 0 saturated heterocycles. The Balaban J connectivity index is 2.68. The fraction of sp³-hybridized carbons (Fsp3) is 0.357. The minimum absolute atomic E-state index is 0.0814. The van der Waals surface area contributed by atoms with E-state index in [0.29, 0.717) is 5.75 Å². The van der Waals surface area contributed by atoms with Crippen LogP contribution in [-0.2, 0) is 6.18 Å². The molecule has 1 heterocycles. The minimum Gasteiger partial charge on any atom is -0.491 e. The minimum atomic E-state index is -4.58. The number of alkyl halides is 3. The first kappa shape index (κ1) is 14.4. The van der Waals surface area contributed by atoms with E-state index >= 15 is 0 Å². The number of hydrogen-bond donors (Lipinski definition) is 1. The van der Waals surface area contributed by atoms with Crippen molar-refractivity contribution in [2.75, 3.05) is 0 Å². The van der Waals surface area contributed by atoms with Gasteiger partial charge in [0.15, 0.2) is 5.43 Å². The van der Waals surface area contributed by atoms with Crippen LogP contribution < -0.4 is 10.2 Å². The zero-order valence-corrected chi connectivity index (χ0v) is 11.3. The van der Waals surface area contributed by atoms with Crippen LogP contribution >= 0.6 is 0 Å². The monoisotopic (exact) mass is 285 g/mol. The van der Waals surface area contributed by atoms with Crippen LogP contribution in [0.3, 0.4) is 0 Å². The molecule has 0 aliphatic heterocycles. The molecule has 3 nitrogen and oxygen atoms in total. The van der Waals surface area contributed by atoms with Gasteiger partial charge in [0.1, 0.15) is 11.4 Å². The maximum Gasteiger partial charge on any atom is 0.431 e. The van der Waals surface area contributed by atoms with Crippen molar-refractivity contribution in [1.29, 1.82) is 0 Å². The highest BCUT2D eigenvalue weighted by Crippen LogP contribution is 2.30. The second-order valence-electron chi connectivity index (χ2n) is 4.83. The van der Waals surface area contributed by atoms with Crippen LogP contribution in [0.15, 0.2) is 23.0 Å². The van der Waals surface area contributed by atoms with Crippen molar-refractivity contribution in [3.8, 4) is 5.75 Å². The van der Waals surface area contributed by atoms with E-state index in [1.165, 1.54) is 18.2 Å². The zero-order chi connectivity index (χ0) is 15.1. The summed E-state index contributed by atoms with van der Waals surface area (Å²) in [6, 6.07) is 4.41. The Bertz CT molecular complexity index is 702. The maximum absolute atomic E-state index is 12.8. The molecule has 0 atom stereocenters. The highest BCUT2D eigenvalue weighted by Gasteiger charge is 2.34. The highest BCUT2D eigenvalue weighted by molar-refractivity contribution is 5.81. The van der Waals surface area contributed by atoms with Gasteiger partial charge in [0.05, 0.1) is 6.10 Å². The smallest absolute Gasteiger partial charge is 0.431 e. The molecule has 2 rings (SSSR count). The Morgan fingerprint density at radius 3 is 2.45 bits per heavy atom. The predicted octanol–water partition coefficient (Wildman–Crippen LogP) is 3.64. The molecule has 0 fully saturated rings. The summed E-state index contributed by atoms with van der Waals surface area (Å²) in [6.45, 7) is 4.82. The van der Waals surface area contributed by atoms with Crippen LogP contribution in [0.5, 0.6) is 5.75 Å². The van der Waals surface area contributed by atoms with Gasteiger partial charge in [-0.25, -0.2) is 0 Å². The molecule has 0 saturated carbocycles. The van der Waals surface area contributed by atoms with Gasteiger partial charge in [-0.1, -0.05) is 0 Å². The van der Waals surface area contributed by atoms with Crippen LogP contribution in [0.4, 0.5) is 13.2 Å². The van der Waals surface area contributed by atoms with Crippen molar-refractivity contribution in [2.24, 2.45) is 0 Å². The Labute approximate surface area is 113 Å². The second-order valence-corrected chi connectivity index (χ2v) is 4.83. The number of pyridine rings is 1. The summed E-state index contributed by atoms with van der Waals surface area (Å²) >= 11 is 0. The van der Waals surface area contributed by atoms with Crippen molar-refractivity contribution in [2.45, 2.75) is 33.1 Å². The quantitative estimate of drug-likeness (QED) is 0.915. The van der Waals surface area contributed by atoms with Gasteiger partial charge in [-0.15, -0.1) is 0 Å². The molecule has 108 valence electrons. The number of fused-ring (bicyclic) bond motifs is 1. The summed E-state index contributed by atoms with van der Waals surface area (Å²) in [6.07, 6.45) is -4.66. The van der Waals surface area contributed by atoms with Crippen molar-refractivity contribution < 1.29 is 17.9 Å². The Hall–Kier alpha value is -1.98. The summed E-state index contributed by atoms with van der Waals surface area (Å²) in [5, 5.41) is 0.189. The molecule has 0 unspecified atom stereocenters. The zero-order valence-electron chi connectivity index (χ0n) is 11.3. The number of rotatable bonds is 2. The average molecular weight is 285 g/mol. The van der Waals surface area contributed by atoms with Gasteiger partial charge in [-0.2, -0.15) is 13.2 Å². The third-order valence-electron chi connectivity index (χ3n) is 2.87. The number of benzene rings is 1. The van der Waals surface area contributed by atoms with Gasteiger partial charge in [0.2, 0.25) is 0 Å². The van der Waals surface area contributed by atoms with Gasteiger partial charge >= 0.3 is 6.18 Å². The number of halogens is 3. The largest absolute Gasteiger partial charge is 0.491 e. The number of nitrogens with one attached hydrogen (secondary N) is 1. The van der Waals surface area contributed by atoms with Gasteiger partial charge < -0.3 is 9.72 Å². The van der Waals surface area contributed by atoms with Crippen LogP contribution in [-0.4, -0.2) is 11.1 Å². The molecule has 0 bridgehead atoms. The molecule has 6 heteroatoms. The molecular formula is C14H14F3NO2. The Morgan fingerprint density at radius 1 is 1.25 bits per heavy atom. The normalized spacial score (nSPS) is 12.2. The van der Waals surface area contributed by atoms with Gasteiger partial charge in [0, 0.05) is 16.5 Å². The van der Waals surface area contributed by atoms with E-state index in [0.717, 1.165) is 6.92 Å². The van der Waals surface area contributed by atoms with E-state index in [1.54, 1.807) is 0 Å². The lowest BCUT2D eigenvalue weighted by atomic mass is 10.1. The fourth-order valence-corrected chi connectivity index (χ4v) is 1.99. The lowest BCUT2D eigenvalue weighted by molar-refractivity contribution is -0.141. The number of ether oxygens (including phenoxy) is 1. The predicted molar refractivity (Wildman–Crippen MR) is 70.1 cm³/mol. The van der Waals surface area contributed by atoms with E-state index in [-0.39, 0.29) is 22.6 Å². The summed E-state index contributed by atoms with van der Waals surface area (Å²) in [4.78, 5) is 14.3. The highest BCUT2D eigenvalue weighted by atomic mass is 19.4. The van der Waals surface area contributed by atoms with Crippen LogP contribution in [0.2, 0.25) is 0 Å². The van der Waals surface area contributed by atoms with E-state index in [1.807, 2.05) is 13.8 Å². The van der Waals surface area contributed by atoms with Gasteiger partial charge in [-0.05, 0) is 39.0 Å². The summed E-state index contributed by atoms with van der Waals surface area (Å²) in [7, 11) is 0. The van der Waals surface area contributed by atoms with Crippen molar-refractivity contribution in [3.05, 3.63) is 39.7 Å². The maximum atomic E-state index is 12.8.